The van der Waals surface area contributed by atoms with Crippen LogP contribution in [0.25, 0.3) is 0 Å². The zero-order valence-corrected chi connectivity index (χ0v) is 20.5. The van der Waals surface area contributed by atoms with Crippen molar-refractivity contribution in [1.82, 2.24) is 9.80 Å². The minimum atomic E-state index is -0.228. The van der Waals surface area contributed by atoms with Gasteiger partial charge in [-0.3, -0.25) is 19.3 Å². The van der Waals surface area contributed by atoms with E-state index >= 15 is 0 Å². The molecule has 2 aromatic rings. The maximum atomic E-state index is 13.4. The second-order valence-corrected chi connectivity index (χ2v) is 9.24. The van der Waals surface area contributed by atoms with Crippen molar-refractivity contribution in [2.45, 2.75) is 38.6 Å². The Labute approximate surface area is 206 Å². The summed E-state index contributed by atoms with van der Waals surface area (Å²) in [5, 5.41) is 2.90. The minimum absolute atomic E-state index is 0.0271. The zero-order valence-electron chi connectivity index (χ0n) is 20.5. The zero-order chi connectivity index (χ0) is 24.8. The summed E-state index contributed by atoms with van der Waals surface area (Å²) in [7, 11) is 1.64. The molecule has 1 atom stereocenters. The molecule has 8 heteroatoms. The molecule has 8 nitrogen and oxygen atoms in total. The third-order valence-corrected chi connectivity index (χ3v) is 6.71. The molecule has 1 fully saturated rings. The van der Waals surface area contributed by atoms with Crippen molar-refractivity contribution in [3.05, 3.63) is 54.1 Å². The van der Waals surface area contributed by atoms with Crippen LogP contribution in [0.15, 0.2) is 48.5 Å². The summed E-state index contributed by atoms with van der Waals surface area (Å²) in [4.78, 5) is 44.2. The standard InChI is InChI=1S/C27H34N4O4/c1-20-18-25(32)28-23-6-3-4-7-24(23)31(20)27(34)19-29-14-5-15-30(17-16-29)26(33)13-10-21-8-11-22(35-2)12-9-21/h3-4,6-9,11-12,20H,5,10,13-19H2,1-2H3,(H,28,32). The number of aryl methyl sites for hydroxylation is 1. The van der Waals surface area contributed by atoms with Crippen LogP contribution in [0.4, 0.5) is 11.4 Å². The first-order chi connectivity index (χ1) is 16.9. The van der Waals surface area contributed by atoms with Crippen LogP contribution in [-0.2, 0) is 20.8 Å². The van der Waals surface area contributed by atoms with Gasteiger partial charge in [-0.15, -0.1) is 0 Å². The van der Waals surface area contributed by atoms with Gasteiger partial charge in [-0.25, -0.2) is 0 Å². The molecule has 0 spiro atoms. The first kappa shape index (κ1) is 24.7. The van der Waals surface area contributed by atoms with Crippen molar-refractivity contribution < 1.29 is 19.1 Å². The number of ether oxygens (including phenoxy) is 1. The highest BCUT2D eigenvalue weighted by atomic mass is 16.5. The summed E-state index contributed by atoms with van der Waals surface area (Å²) >= 11 is 0. The van der Waals surface area contributed by atoms with Gasteiger partial charge in [-0.2, -0.15) is 0 Å². The molecule has 186 valence electrons. The molecular weight excluding hydrogens is 444 g/mol. The van der Waals surface area contributed by atoms with Gasteiger partial charge < -0.3 is 19.9 Å². The van der Waals surface area contributed by atoms with Crippen molar-refractivity contribution in [2.75, 3.05) is 50.1 Å². The molecule has 2 aliphatic rings. The number of benzene rings is 2. The number of carbonyl (C=O) groups excluding carboxylic acids is 3. The number of hydrogen-bond acceptors (Lipinski definition) is 5. The summed E-state index contributed by atoms with van der Waals surface area (Å²) in [5.74, 6) is 0.844. The van der Waals surface area contributed by atoms with Gasteiger partial charge >= 0.3 is 0 Å². The average Bonchev–Trinajstić information content (AvgIpc) is 3.16. The smallest absolute Gasteiger partial charge is 0.241 e. The summed E-state index contributed by atoms with van der Waals surface area (Å²) in [6.45, 7) is 4.90. The first-order valence-corrected chi connectivity index (χ1v) is 12.3. The third kappa shape index (κ3) is 6.19. The minimum Gasteiger partial charge on any atom is -0.497 e. The van der Waals surface area contributed by atoms with Gasteiger partial charge in [0, 0.05) is 45.1 Å². The molecule has 4 rings (SSSR count). The lowest BCUT2D eigenvalue weighted by Gasteiger charge is -2.30. The fraction of sp³-hybridized carbons (Fsp3) is 0.444. The quantitative estimate of drug-likeness (QED) is 0.691. The van der Waals surface area contributed by atoms with Gasteiger partial charge in [0.05, 0.1) is 25.0 Å². The number of carbonyl (C=O) groups is 3. The molecule has 1 unspecified atom stereocenters. The van der Waals surface area contributed by atoms with Gasteiger partial charge in [0.25, 0.3) is 0 Å². The van der Waals surface area contributed by atoms with E-state index in [1.165, 1.54) is 0 Å². The third-order valence-electron chi connectivity index (χ3n) is 6.71. The van der Waals surface area contributed by atoms with Gasteiger partial charge in [0.15, 0.2) is 0 Å². The molecule has 2 aliphatic heterocycles. The second kappa shape index (κ2) is 11.4. The van der Waals surface area contributed by atoms with E-state index in [2.05, 4.69) is 10.2 Å². The van der Waals surface area contributed by atoms with E-state index in [0.29, 0.717) is 38.2 Å². The van der Waals surface area contributed by atoms with Crippen molar-refractivity contribution >= 4 is 29.1 Å². The summed E-state index contributed by atoms with van der Waals surface area (Å²) in [6, 6.07) is 15.0. The molecule has 3 amide bonds. The Morgan fingerprint density at radius 1 is 1.00 bits per heavy atom. The van der Waals surface area contributed by atoms with Gasteiger partial charge in [0.2, 0.25) is 17.7 Å². The maximum absolute atomic E-state index is 13.4. The highest BCUT2D eigenvalue weighted by molar-refractivity contribution is 6.04. The van der Waals surface area contributed by atoms with E-state index in [9.17, 15) is 14.4 Å². The predicted octanol–water partition coefficient (Wildman–Crippen LogP) is 2.93. The Balaban J connectivity index is 1.32. The second-order valence-electron chi connectivity index (χ2n) is 9.24. The lowest BCUT2D eigenvalue weighted by molar-refractivity contribution is -0.131. The van der Waals surface area contributed by atoms with Crippen molar-refractivity contribution in [3.63, 3.8) is 0 Å². The van der Waals surface area contributed by atoms with E-state index in [1.54, 1.807) is 12.0 Å². The van der Waals surface area contributed by atoms with E-state index in [-0.39, 0.29) is 36.7 Å². The van der Waals surface area contributed by atoms with Crippen LogP contribution in [0, 0.1) is 0 Å². The first-order valence-electron chi connectivity index (χ1n) is 12.3. The molecule has 35 heavy (non-hydrogen) atoms. The lowest BCUT2D eigenvalue weighted by Crippen LogP contribution is -2.46. The Morgan fingerprint density at radius 3 is 2.54 bits per heavy atom. The van der Waals surface area contributed by atoms with Gasteiger partial charge in [0.1, 0.15) is 5.75 Å². The Bertz CT molecular complexity index is 1060. The van der Waals surface area contributed by atoms with Crippen LogP contribution < -0.4 is 15.0 Å². The largest absolute Gasteiger partial charge is 0.497 e. The molecule has 0 aromatic heterocycles. The molecule has 2 heterocycles. The number of nitrogens with one attached hydrogen (secondary N) is 1. The molecule has 0 saturated carbocycles. The summed E-state index contributed by atoms with van der Waals surface area (Å²) < 4.78 is 5.19. The SMILES string of the molecule is COc1ccc(CCC(=O)N2CCCN(CC(=O)N3c4ccccc4NC(=O)CC3C)CC2)cc1. The predicted molar refractivity (Wildman–Crippen MR) is 136 cm³/mol. The van der Waals surface area contributed by atoms with Crippen molar-refractivity contribution in [2.24, 2.45) is 0 Å². The Hall–Kier alpha value is -3.39. The highest BCUT2D eigenvalue weighted by Gasteiger charge is 2.31. The van der Waals surface area contributed by atoms with E-state index in [1.807, 2.05) is 60.4 Å². The lowest BCUT2D eigenvalue weighted by atomic mass is 10.1. The molecule has 1 N–H and O–H groups in total. The van der Waals surface area contributed by atoms with Gasteiger partial charge in [-0.1, -0.05) is 24.3 Å². The van der Waals surface area contributed by atoms with Crippen molar-refractivity contribution in [1.29, 1.82) is 0 Å². The summed E-state index contributed by atoms with van der Waals surface area (Å²) in [5.41, 5.74) is 2.52. The number of amides is 3. The van der Waals surface area contributed by atoms with E-state index < -0.39 is 0 Å². The van der Waals surface area contributed by atoms with Crippen LogP contribution >= 0.6 is 0 Å². The summed E-state index contributed by atoms with van der Waals surface area (Å²) in [6.07, 6.45) is 2.25. The van der Waals surface area contributed by atoms with Crippen LogP contribution in [0.1, 0.15) is 31.7 Å². The normalized spacial score (nSPS) is 18.8. The number of nitrogens with zero attached hydrogens (tertiary/aromatic N) is 3. The monoisotopic (exact) mass is 478 g/mol. The van der Waals surface area contributed by atoms with Crippen LogP contribution in [0.5, 0.6) is 5.75 Å². The highest BCUT2D eigenvalue weighted by Crippen LogP contribution is 2.31. The van der Waals surface area contributed by atoms with E-state index in [4.69, 9.17) is 4.74 Å². The molecule has 2 aromatic carbocycles. The van der Waals surface area contributed by atoms with Crippen LogP contribution in [0.3, 0.4) is 0 Å². The van der Waals surface area contributed by atoms with Crippen LogP contribution in [-0.4, -0.2) is 73.4 Å². The molecule has 1 saturated heterocycles. The number of hydrogen-bond donors (Lipinski definition) is 1. The van der Waals surface area contributed by atoms with Gasteiger partial charge in [-0.05, 0) is 49.6 Å². The van der Waals surface area contributed by atoms with Crippen molar-refractivity contribution in [3.8, 4) is 5.75 Å². The Morgan fingerprint density at radius 2 is 1.77 bits per heavy atom. The molecular formula is C27H34N4O4. The number of methoxy groups -OCH3 is 1. The number of anilines is 2. The number of fused-ring (bicyclic) bond motifs is 1. The Kier molecular flexibility index (Phi) is 8.02. The maximum Gasteiger partial charge on any atom is 0.241 e. The topological polar surface area (TPSA) is 82.2 Å². The molecule has 0 aliphatic carbocycles. The van der Waals surface area contributed by atoms with Crippen LogP contribution in [0.2, 0.25) is 0 Å². The number of rotatable bonds is 6. The molecule has 0 radical (unpaired) electrons. The average molecular weight is 479 g/mol. The molecule has 0 bridgehead atoms. The fourth-order valence-electron chi connectivity index (χ4n) is 4.82. The fourth-order valence-corrected chi connectivity index (χ4v) is 4.82. The van der Waals surface area contributed by atoms with E-state index in [0.717, 1.165) is 30.0 Å². The number of para-hydroxylation sites is 2.